The van der Waals surface area contributed by atoms with Crippen LogP contribution in [0.25, 0.3) is 5.65 Å². The van der Waals surface area contributed by atoms with Gasteiger partial charge < -0.3 is 10.1 Å². The van der Waals surface area contributed by atoms with E-state index in [0.29, 0.717) is 17.3 Å². The van der Waals surface area contributed by atoms with Gasteiger partial charge in [-0.05, 0) is 47.5 Å². The number of nitrogens with zero attached hydrogens (tertiary/aromatic N) is 3. The number of aromatic nitrogens is 3. The van der Waals surface area contributed by atoms with E-state index in [1.54, 1.807) is 6.20 Å². The first-order chi connectivity index (χ1) is 10.2. The molecule has 3 rings (SSSR count). The Labute approximate surface area is 131 Å². The number of anilines is 1. The number of benzene rings is 1. The number of hydrogen-bond donors (Lipinski definition) is 1. The number of hydrogen-bond acceptors (Lipinski definition) is 4. The molecule has 0 saturated heterocycles. The van der Waals surface area contributed by atoms with Crippen molar-refractivity contribution in [2.75, 3.05) is 11.9 Å². The maximum atomic E-state index is 5.94. The highest BCUT2D eigenvalue weighted by Gasteiger charge is 2.11. The second kappa shape index (κ2) is 5.73. The Kier molecular flexibility index (Phi) is 3.79. The Balaban J connectivity index is 2.04. The van der Waals surface area contributed by atoms with Crippen molar-refractivity contribution in [3.63, 3.8) is 0 Å². The van der Waals surface area contributed by atoms with Gasteiger partial charge in [0.05, 0.1) is 10.7 Å². The molecule has 2 aromatic heterocycles. The third-order valence-corrected chi connectivity index (χ3v) is 3.61. The molecule has 108 valence electrons. The highest BCUT2D eigenvalue weighted by Crippen LogP contribution is 2.31. The van der Waals surface area contributed by atoms with Gasteiger partial charge in [-0.2, -0.15) is 4.98 Å². The number of rotatable bonds is 4. The normalized spacial score (nSPS) is 10.8. The van der Waals surface area contributed by atoms with E-state index >= 15 is 0 Å². The Bertz CT molecular complexity index is 784. The molecule has 21 heavy (non-hydrogen) atoms. The standard InChI is InChI=1S/C15H15BrN4O/c1-3-17-13-9-20-7-6-18-14(20)15(19-13)21-12-5-4-10(2)8-11(12)16/h4-9,17H,3H2,1-2H3. The van der Waals surface area contributed by atoms with Crippen LogP contribution in [0, 0.1) is 6.92 Å². The predicted molar refractivity (Wildman–Crippen MR) is 86.1 cm³/mol. The van der Waals surface area contributed by atoms with Gasteiger partial charge in [0.2, 0.25) is 5.65 Å². The van der Waals surface area contributed by atoms with Gasteiger partial charge >= 0.3 is 0 Å². The first-order valence-corrected chi connectivity index (χ1v) is 7.48. The highest BCUT2D eigenvalue weighted by molar-refractivity contribution is 9.10. The molecule has 1 aromatic carbocycles. The van der Waals surface area contributed by atoms with E-state index in [2.05, 4.69) is 31.2 Å². The van der Waals surface area contributed by atoms with Crippen molar-refractivity contribution >= 4 is 27.4 Å². The zero-order valence-corrected chi connectivity index (χ0v) is 13.4. The van der Waals surface area contributed by atoms with Gasteiger partial charge in [0.25, 0.3) is 5.88 Å². The molecule has 5 nitrogen and oxygen atoms in total. The monoisotopic (exact) mass is 346 g/mol. The second-order valence-corrected chi connectivity index (χ2v) is 5.51. The lowest BCUT2D eigenvalue weighted by molar-refractivity contribution is 0.462. The first kappa shape index (κ1) is 13.9. The van der Waals surface area contributed by atoms with Crippen molar-refractivity contribution in [1.29, 1.82) is 0 Å². The fourth-order valence-corrected chi connectivity index (χ4v) is 2.60. The van der Waals surface area contributed by atoms with Crippen LogP contribution in [-0.2, 0) is 0 Å². The molecule has 6 heteroatoms. The molecule has 1 N–H and O–H groups in total. The summed E-state index contributed by atoms with van der Waals surface area (Å²) in [5, 5.41) is 3.19. The van der Waals surface area contributed by atoms with Crippen LogP contribution in [-0.4, -0.2) is 20.9 Å². The van der Waals surface area contributed by atoms with Crippen molar-refractivity contribution in [3.8, 4) is 11.6 Å². The zero-order valence-electron chi connectivity index (χ0n) is 11.8. The van der Waals surface area contributed by atoms with Gasteiger partial charge in [-0.1, -0.05) is 6.07 Å². The minimum Gasteiger partial charge on any atom is -0.435 e. The maximum Gasteiger partial charge on any atom is 0.265 e. The van der Waals surface area contributed by atoms with Gasteiger partial charge in [-0.15, -0.1) is 0 Å². The van der Waals surface area contributed by atoms with E-state index in [9.17, 15) is 0 Å². The number of ether oxygens (including phenoxy) is 1. The van der Waals surface area contributed by atoms with Crippen LogP contribution in [0.4, 0.5) is 5.82 Å². The lowest BCUT2D eigenvalue weighted by Gasteiger charge is -2.10. The summed E-state index contributed by atoms with van der Waals surface area (Å²) >= 11 is 3.51. The molecule has 0 radical (unpaired) electrons. The molecule has 0 amide bonds. The predicted octanol–water partition coefficient (Wildman–Crippen LogP) is 4.02. The molecule has 0 fully saturated rings. The van der Waals surface area contributed by atoms with Crippen LogP contribution in [0.5, 0.6) is 11.6 Å². The highest BCUT2D eigenvalue weighted by atomic mass is 79.9. The molecular formula is C15H15BrN4O. The summed E-state index contributed by atoms with van der Waals surface area (Å²) in [6.07, 6.45) is 5.49. The maximum absolute atomic E-state index is 5.94. The third kappa shape index (κ3) is 2.85. The Hall–Kier alpha value is -2.08. The summed E-state index contributed by atoms with van der Waals surface area (Å²) in [4.78, 5) is 8.78. The van der Waals surface area contributed by atoms with Crippen LogP contribution in [0.1, 0.15) is 12.5 Å². The van der Waals surface area contributed by atoms with Crippen LogP contribution in [0.3, 0.4) is 0 Å². The van der Waals surface area contributed by atoms with E-state index in [1.165, 1.54) is 0 Å². The SMILES string of the molecule is CCNc1cn2ccnc2c(Oc2ccc(C)cc2Br)n1. The summed E-state index contributed by atoms with van der Waals surface area (Å²) in [6, 6.07) is 5.92. The summed E-state index contributed by atoms with van der Waals surface area (Å²) in [6.45, 7) is 4.85. The number of halogens is 1. The Morgan fingerprint density at radius 2 is 2.24 bits per heavy atom. The molecule has 0 unspecified atom stereocenters. The number of nitrogens with one attached hydrogen (secondary N) is 1. The summed E-state index contributed by atoms with van der Waals surface area (Å²) in [5.74, 6) is 1.94. The fourth-order valence-electron chi connectivity index (χ4n) is 2.03. The number of aryl methyl sites for hydroxylation is 1. The van der Waals surface area contributed by atoms with E-state index < -0.39 is 0 Å². The lowest BCUT2D eigenvalue weighted by atomic mass is 10.2. The van der Waals surface area contributed by atoms with E-state index in [4.69, 9.17) is 4.74 Å². The molecule has 0 aliphatic heterocycles. The van der Waals surface area contributed by atoms with Crippen molar-refractivity contribution < 1.29 is 4.74 Å². The van der Waals surface area contributed by atoms with Gasteiger partial charge in [0, 0.05) is 18.9 Å². The first-order valence-electron chi connectivity index (χ1n) is 6.69. The molecule has 2 heterocycles. The van der Waals surface area contributed by atoms with Crippen molar-refractivity contribution in [3.05, 3.63) is 46.8 Å². The topological polar surface area (TPSA) is 51.5 Å². The van der Waals surface area contributed by atoms with Crippen LogP contribution in [0.2, 0.25) is 0 Å². The molecule has 0 aliphatic rings. The molecule has 0 aliphatic carbocycles. The van der Waals surface area contributed by atoms with Crippen molar-refractivity contribution in [2.45, 2.75) is 13.8 Å². The largest absolute Gasteiger partial charge is 0.435 e. The van der Waals surface area contributed by atoms with Crippen LogP contribution >= 0.6 is 15.9 Å². The summed E-state index contributed by atoms with van der Waals surface area (Å²) in [5.41, 5.74) is 1.85. The van der Waals surface area contributed by atoms with Gasteiger partial charge in [0.1, 0.15) is 11.6 Å². The third-order valence-electron chi connectivity index (χ3n) is 3.00. The van der Waals surface area contributed by atoms with Gasteiger partial charge in [-0.3, -0.25) is 4.40 Å². The van der Waals surface area contributed by atoms with Gasteiger partial charge in [0.15, 0.2) is 0 Å². The molecule has 3 aromatic rings. The van der Waals surface area contributed by atoms with E-state index in [1.807, 2.05) is 48.8 Å². The average molecular weight is 347 g/mol. The average Bonchev–Trinajstić information content (AvgIpc) is 2.91. The quantitative estimate of drug-likeness (QED) is 0.774. The lowest BCUT2D eigenvalue weighted by Crippen LogP contribution is -2.03. The molecule has 0 atom stereocenters. The molecular weight excluding hydrogens is 332 g/mol. The number of fused-ring (bicyclic) bond motifs is 1. The van der Waals surface area contributed by atoms with Crippen LogP contribution in [0.15, 0.2) is 41.3 Å². The number of imidazole rings is 1. The Morgan fingerprint density at radius 3 is 3.00 bits per heavy atom. The summed E-state index contributed by atoms with van der Waals surface area (Å²) < 4.78 is 8.72. The van der Waals surface area contributed by atoms with Crippen molar-refractivity contribution in [2.24, 2.45) is 0 Å². The minimum absolute atomic E-state index is 0.475. The Morgan fingerprint density at radius 1 is 1.38 bits per heavy atom. The summed E-state index contributed by atoms with van der Waals surface area (Å²) in [7, 11) is 0. The van der Waals surface area contributed by atoms with Crippen molar-refractivity contribution in [1.82, 2.24) is 14.4 Å². The smallest absolute Gasteiger partial charge is 0.265 e. The second-order valence-electron chi connectivity index (χ2n) is 4.66. The van der Waals surface area contributed by atoms with Crippen LogP contribution < -0.4 is 10.1 Å². The van der Waals surface area contributed by atoms with Gasteiger partial charge in [-0.25, -0.2) is 4.98 Å². The zero-order chi connectivity index (χ0) is 14.8. The van der Waals surface area contributed by atoms with E-state index in [0.717, 1.165) is 22.4 Å². The fraction of sp³-hybridized carbons (Fsp3) is 0.200. The molecule has 0 bridgehead atoms. The molecule has 0 spiro atoms. The minimum atomic E-state index is 0.475. The van der Waals surface area contributed by atoms with E-state index in [-0.39, 0.29) is 0 Å². The molecule has 0 saturated carbocycles.